The third kappa shape index (κ3) is 8.46. The number of hydrogen-bond acceptors (Lipinski definition) is 6. The molecule has 0 heterocycles. The van der Waals surface area contributed by atoms with E-state index in [0.29, 0.717) is 41.5 Å². The van der Waals surface area contributed by atoms with Crippen molar-refractivity contribution in [3.63, 3.8) is 0 Å². The highest BCUT2D eigenvalue weighted by molar-refractivity contribution is 7.99. The van der Waals surface area contributed by atoms with Gasteiger partial charge >= 0.3 is 6.09 Å². The van der Waals surface area contributed by atoms with Gasteiger partial charge in [0, 0.05) is 9.92 Å². The number of aromatic hydroxyl groups is 1. The number of aliphatic hydroxyl groups excluding tert-OH is 1. The number of carbonyl (C=O) groups excluding carboxylic acids is 1. The van der Waals surface area contributed by atoms with Gasteiger partial charge in [-0.25, -0.2) is 4.79 Å². The van der Waals surface area contributed by atoms with E-state index in [2.05, 4.69) is 11.9 Å². The van der Waals surface area contributed by atoms with E-state index in [0.717, 1.165) is 10.5 Å². The van der Waals surface area contributed by atoms with Gasteiger partial charge in [-0.2, -0.15) is 0 Å². The van der Waals surface area contributed by atoms with Crippen molar-refractivity contribution in [3.8, 4) is 11.5 Å². The molecule has 8 heteroatoms. The van der Waals surface area contributed by atoms with E-state index >= 15 is 0 Å². The number of hydrogen-bond donors (Lipinski definition) is 3. The van der Waals surface area contributed by atoms with Crippen LogP contribution in [0.3, 0.4) is 0 Å². The summed E-state index contributed by atoms with van der Waals surface area (Å²) in [7, 11) is 0. The lowest BCUT2D eigenvalue weighted by molar-refractivity contribution is 0.0389. The second kappa shape index (κ2) is 12.4. The summed E-state index contributed by atoms with van der Waals surface area (Å²) in [5, 5.41) is 23.7. The zero-order valence-electron chi connectivity index (χ0n) is 20.2. The molecule has 1 atom stereocenters. The summed E-state index contributed by atoms with van der Waals surface area (Å²) in [5.41, 5.74) is -0.676. The fourth-order valence-electron chi connectivity index (χ4n) is 3.32. The van der Waals surface area contributed by atoms with Gasteiger partial charge in [0.2, 0.25) is 0 Å². The zero-order valence-corrected chi connectivity index (χ0v) is 21.8. The largest absolute Gasteiger partial charge is 0.507 e. The van der Waals surface area contributed by atoms with E-state index in [1.807, 2.05) is 25.1 Å². The molecule has 6 nitrogen and oxygen atoms in total. The molecule has 3 N–H and O–H groups in total. The van der Waals surface area contributed by atoms with Gasteiger partial charge in [-0.05, 0) is 82.9 Å². The van der Waals surface area contributed by atoms with Crippen molar-refractivity contribution in [2.75, 3.05) is 13.2 Å². The van der Waals surface area contributed by atoms with Crippen LogP contribution in [0, 0.1) is 0 Å². The summed E-state index contributed by atoms with van der Waals surface area (Å²) in [6.45, 7) is 11.3. The maximum Gasteiger partial charge on any atom is 0.408 e. The van der Waals surface area contributed by atoms with Gasteiger partial charge in [-0.15, -0.1) is 6.58 Å². The quantitative estimate of drug-likeness (QED) is 0.307. The first kappa shape index (κ1) is 27.9. The SMILES string of the molecule is C=CC[C@@](CO)(CCc1ccc(Sc2cc(OCC)ccc2O)cc1Cl)NC(=O)OC(C)(C)C. The molecule has 0 aromatic heterocycles. The third-order valence-electron chi connectivity index (χ3n) is 4.97. The van der Waals surface area contributed by atoms with Crippen molar-refractivity contribution in [3.05, 3.63) is 59.6 Å². The van der Waals surface area contributed by atoms with Crippen molar-refractivity contribution in [2.24, 2.45) is 0 Å². The molecule has 0 spiro atoms. The van der Waals surface area contributed by atoms with E-state index in [-0.39, 0.29) is 12.4 Å². The lowest BCUT2D eigenvalue weighted by atomic mass is 9.88. The minimum atomic E-state index is -0.910. The molecular weight excluding hydrogens is 474 g/mol. The number of rotatable bonds is 11. The number of aliphatic hydroxyl groups is 1. The maximum absolute atomic E-state index is 12.4. The minimum absolute atomic E-state index is 0.166. The molecule has 2 rings (SSSR count). The van der Waals surface area contributed by atoms with Crippen molar-refractivity contribution >= 4 is 29.5 Å². The molecule has 186 valence electrons. The van der Waals surface area contributed by atoms with Crippen LogP contribution in [0.2, 0.25) is 5.02 Å². The van der Waals surface area contributed by atoms with Gasteiger partial charge in [0.05, 0.1) is 23.6 Å². The Morgan fingerprint density at radius 1 is 1.24 bits per heavy atom. The summed E-state index contributed by atoms with van der Waals surface area (Å²) < 4.78 is 10.9. The molecule has 0 radical (unpaired) electrons. The fourth-order valence-corrected chi connectivity index (χ4v) is 4.58. The van der Waals surface area contributed by atoms with Crippen LogP contribution >= 0.6 is 23.4 Å². The number of aryl methyl sites for hydroxylation is 1. The highest BCUT2D eigenvalue weighted by Crippen LogP contribution is 2.38. The van der Waals surface area contributed by atoms with Crippen LogP contribution in [0.5, 0.6) is 11.5 Å². The fraction of sp³-hybridized carbons (Fsp3) is 0.423. The molecular formula is C26H34ClNO5S. The Bertz CT molecular complexity index is 992. The Labute approximate surface area is 211 Å². The number of amides is 1. The van der Waals surface area contributed by atoms with Crippen molar-refractivity contribution < 1.29 is 24.5 Å². The Kier molecular flexibility index (Phi) is 10.2. The third-order valence-corrected chi connectivity index (χ3v) is 6.36. The molecule has 0 aliphatic heterocycles. The molecule has 0 unspecified atom stereocenters. The number of ether oxygens (including phenoxy) is 2. The first-order valence-corrected chi connectivity index (χ1v) is 12.4. The molecule has 2 aromatic rings. The summed E-state index contributed by atoms with van der Waals surface area (Å²) in [5.74, 6) is 0.851. The second-order valence-electron chi connectivity index (χ2n) is 8.98. The lowest BCUT2D eigenvalue weighted by Gasteiger charge is -2.33. The number of alkyl carbamates (subject to hydrolysis) is 1. The van der Waals surface area contributed by atoms with Crippen molar-refractivity contribution in [1.82, 2.24) is 5.32 Å². The number of phenolic OH excluding ortho intramolecular Hbond substituents is 1. The second-order valence-corrected chi connectivity index (χ2v) is 10.5. The monoisotopic (exact) mass is 507 g/mol. The summed E-state index contributed by atoms with van der Waals surface area (Å²) in [6, 6.07) is 10.8. The van der Waals surface area contributed by atoms with Crippen LogP contribution in [0.4, 0.5) is 4.79 Å². The van der Waals surface area contributed by atoms with Gasteiger partial charge in [0.25, 0.3) is 0 Å². The molecule has 0 bridgehead atoms. The van der Waals surface area contributed by atoms with Gasteiger partial charge in [0.15, 0.2) is 0 Å². The smallest absolute Gasteiger partial charge is 0.408 e. The summed E-state index contributed by atoms with van der Waals surface area (Å²) in [6.07, 6.45) is 2.42. The maximum atomic E-state index is 12.4. The van der Waals surface area contributed by atoms with Gasteiger partial charge in [-0.3, -0.25) is 0 Å². The molecule has 1 amide bonds. The van der Waals surface area contributed by atoms with Crippen LogP contribution < -0.4 is 10.1 Å². The Morgan fingerprint density at radius 2 is 1.97 bits per heavy atom. The summed E-state index contributed by atoms with van der Waals surface area (Å²) in [4.78, 5) is 13.9. The molecule has 0 aliphatic rings. The normalized spacial score (nSPS) is 13.1. The predicted octanol–water partition coefficient (Wildman–Crippen LogP) is 6.36. The standard InChI is InChI=1S/C26H34ClNO5S/c1-6-13-26(17-29,28-24(31)33-25(3,4)5)14-12-18-8-10-20(16-21(18)27)34-23-15-19(32-7-2)9-11-22(23)30/h6,8-11,15-16,29-30H,1,7,12-14,17H2,2-5H3,(H,28,31)/t26-/m0/s1. The lowest BCUT2D eigenvalue weighted by Crippen LogP contribution is -2.52. The number of carbonyl (C=O) groups is 1. The van der Waals surface area contributed by atoms with Crippen LogP contribution in [-0.2, 0) is 11.2 Å². The number of halogens is 1. The molecule has 0 saturated carbocycles. The van der Waals surface area contributed by atoms with E-state index in [1.165, 1.54) is 11.8 Å². The molecule has 0 fully saturated rings. The first-order valence-electron chi connectivity index (χ1n) is 11.2. The minimum Gasteiger partial charge on any atom is -0.507 e. The average Bonchev–Trinajstić information content (AvgIpc) is 2.74. The first-order chi connectivity index (χ1) is 16.0. The highest BCUT2D eigenvalue weighted by Gasteiger charge is 2.32. The van der Waals surface area contributed by atoms with Crippen LogP contribution in [0.15, 0.2) is 58.8 Å². The van der Waals surface area contributed by atoms with Gasteiger partial charge in [-0.1, -0.05) is 35.5 Å². The number of nitrogens with one attached hydrogen (secondary N) is 1. The van der Waals surface area contributed by atoms with E-state index in [4.69, 9.17) is 21.1 Å². The number of phenols is 1. The zero-order chi connectivity index (χ0) is 25.4. The average molecular weight is 508 g/mol. The Balaban J connectivity index is 2.13. The van der Waals surface area contributed by atoms with E-state index in [9.17, 15) is 15.0 Å². The Morgan fingerprint density at radius 3 is 2.56 bits per heavy atom. The number of benzene rings is 2. The molecule has 0 aliphatic carbocycles. The van der Waals surface area contributed by atoms with Crippen LogP contribution in [0.25, 0.3) is 0 Å². The predicted molar refractivity (Wildman–Crippen MR) is 137 cm³/mol. The Hall–Kier alpha value is -2.35. The molecule has 0 saturated heterocycles. The van der Waals surface area contributed by atoms with Crippen molar-refractivity contribution in [2.45, 2.75) is 67.9 Å². The van der Waals surface area contributed by atoms with Gasteiger partial charge in [0.1, 0.15) is 17.1 Å². The van der Waals surface area contributed by atoms with E-state index in [1.54, 1.807) is 45.0 Å². The topological polar surface area (TPSA) is 88.0 Å². The van der Waals surface area contributed by atoms with Gasteiger partial charge < -0.3 is 25.0 Å². The molecule has 2 aromatic carbocycles. The van der Waals surface area contributed by atoms with Crippen molar-refractivity contribution in [1.29, 1.82) is 0 Å². The van der Waals surface area contributed by atoms with E-state index < -0.39 is 17.2 Å². The van der Waals surface area contributed by atoms with Crippen LogP contribution in [0.1, 0.15) is 46.1 Å². The highest BCUT2D eigenvalue weighted by atomic mass is 35.5. The summed E-state index contributed by atoms with van der Waals surface area (Å²) >= 11 is 7.95. The molecule has 34 heavy (non-hydrogen) atoms. The van der Waals surface area contributed by atoms with Crippen LogP contribution in [-0.4, -0.2) is 40.7 Å².